The van der Waals surface area contributed by atoms with Gasteiger partial charge in [0.15, 0.2) is 0 Å². The maximum atomic E-state index is 4.26. The largest absolute Gasteiger partial charge is 0.316 e. The van der Waals surface area contributed by atoms with E-state index in [1.165, 1.54) is 6.42 Å². The van der Waals surface area contributed by atoms with Crippen molar-refractivity contribution < 1.29 is 0 Å². The summed E-state index contributed by atoms with van der Waals surface area (Å²) in [6.07, 6.45) is 6.52. The minimum Gasteiger partial charge on any atom is -0.316 e. The lowest BCUT2D eigenvalue weighted by Gasteiger charge is -2.04. The van der Waals surface area contributed by atoms with E-state index >= 15 is 0 Å². The molecule has 1 aliphatic rings. The van der Waals surface area contributed by atoms with Crippen molar-refractivity contribution in [2.24, 2.45) is 0 Å². The molecule has 74 valence electrons. The topological polar surface area (TPSA) is 37.8 Å². The quantitative estimate of drug-likeness (QED) is 0.780. The number of halogens is 2. The first-order valence-electron chi connectivity index (χ1n) is 3.93. The second-order valence-corrected chi connectivity index (χ2v) is 2.82. The number of hydrogen-bond donors (Lipinski definition) is 1. The molecule has 1 aromatic heterocycles. The van der Waals surface area contributed by atoms with Gasteiger partial charge in [0.2, 0.25) is 0 Å². The van der Waals surface area contributed by atoms with Crippen molar-refractivity contribution in [3.05, 3.63) is 24.3 Å². The lowest BCUT2D eigenvalue weighted by atomic mass is 10.1. The van der Waals surface area contributed by atoms with Gasteiger partial charge in [-0.3, -0.25) is 9.97 Å². The Labute approximate surface area is 90.2 Å². The van der Waals surface area contributed by atoms with Crippen molar-refractivity contribution in [1.29, 1.82) is 0 Å². The average Bonchev–Trinajstić information content (AvgIpc) is 2.58. The van der Waals surface area contributed by atoms with Crippen LogP contribution in [0.2, 0.25) is 0 Å². The highest BCUT2D eigenvalue weighted by atomic mass is 35.5. The summed E-state index contributed by atoms with van der Waals surface area (Å²) >= 11 is 0. The standard InChI is InChI=1S/C8H11N3.2ClH/c1-2-9-5-7(1)8-6-10-3-4-11-8;;/h3-4,6-7,9H,1-2,5H2;2*1H. The smallest absolute Gasteiger partial charge is 0.0630 e. The van der Waals surface area contributed by atoms with Crippen molar-refractivity contribution in [3.8, 4) is 0 Å². The fourth-order valence-corrected chi connectivity index (χ4v) is 1.43. The molecular formula is C8H13Cl2N3. The Kier molecular flexibility index (Phi) is 5.95. The second-order valence-electron chi connectivity index (χ2n) is 2.82. The molecule has 1 aromatic rings. The summed E-state index contributed by atoms with van der Waals surface area (Å²) in [4.78, 5) is 8.30. The Morgan fingerprint density at radius 3 is 2.69 bits per heavy atom. The molecule has 5 heteroatoms. The summed E-state index contributed by atoms with van der Waals surface area (Å²) in [5.41, 5.74) is 1.12. The number of aromatic nitrogens is 2. The van der Waals surface area contributed by atoms with Crippen LogP contribution < -0.4 is 5.32 Å². The van der Waals surface area contributed by atoms with Gasteiger partial charge in [0.25, 0.3) is 0 Å². The summed E-state index contributed by atoms with van der Waals surface area (Å²) in [6.45, 7) is 2.17. The maximum Gasteiger partial charge on any atom is 0.0630 e. The third-order valence-electron chi connectivity index (χ3n) is 2.06. The van der Waals surface area contributed by atoms with Crippen molar-refractivity contribution in [3.63, 3.8) is 0 Å². The van der Waals surface area contributed by atoms with Gasteiger partial charge in [-0.25, -0.2) is 0 Å². The van der Waals surface area contributed by atoms with Gasteiger partial charge in [-0.2, -0.15) is 0 Å². The molecule has 2 rings (SSSR count). The molecular weight excluding hydrogens is 209 g/mol. The first-order chi connectivity index (χ1) is 5.47. The number of nitrogens with one attached hydrogen (secondary N) is 1. The van der Waals surface area contributed by atoms with Crippen LogP contribution in [0.3, 0.4) is 0 Å². The second kappa shape index (κ2) is 6.13. The van der Waals surface area contributed by atoms with Crippen molar-refractivity contribution in [1.82, 2.24) is 15.3 Å². The van der Waals surface area contributed by atoms with Crippen LogP contribution in [0, 0.1) is 0 Å². The summed E-state index contributed by atoms with van der Waals surface area (Å²) in [5, 5.41) is 3.30. The molecule has 13 heavy (non-hydrogen) atoms. The van der Waals surface area contributed by atoms with Gasteiger partial charge >= 0.3 is 0 Å². The van der Waals surface area contributed by atoms with E-state index in [1.54, 1.807) is 12.4 Å². The molecule has 1 saturated heterocycles. The van der Waals surface area contributed by atoms with E-state index in [4.69, 9.17) is 0 Å². The molecule has 1 N–H and O–H groups in total. The maximum absolute atomic E-state index is 4.26. The lowest BCUT2D eigenvalue weighted by molar-refractivity contribution is 0.728. The van der Waals surface area contributed by atoms with Crippen molar-refractivity contribution in [2.45, 2.75) is 12.3 Å². The van der Waals surface area contributed by atoms with E-state index in [1.807, 2.05) is 6.20 Å². The minimum absolute atomic E-state index is 0. The molecule has 1 aliphatic heterocycles. The Morgan fingerprint density at radius 1 is 1.31 bits per heavy atom. The summed E-state index contributed by atoms with van der Waals surface area (Å²) in [6, 6.07) is 0. The van der Waals surface area contributed by atoms with Crippen LogP contribution in [0.15, 0.2) is 18.6 Å². The Balaban J connectivity index is 0.000000720. The van der Waals surface area contributed by atoms with Gasteiger partial charge in [-0.1, -0.05) is 0 Å². The average molecular weight is 222 g/mol. The SMILES string of the molecule is Cl.Cl.c1cnc(C2CCNC2)cn1. The van der Waals surface area contributed by atoms with Crippen LogP contribution in [0.1, 0.15) is 18.0 Å². The third kappa shape index (κ3) is 3.10. The molecule has 2 heterocycles. The third-order valence-corrected chi connectivity index (χ3v) is 2.06. The Bertz CT molecular complexity index is 224. The van der Waals surface area contributed by atoms with Crippen LogP contribution in [0.5, 0.6) is 0 Å². The fourth-order valence-electron chi connectivity index (χ4n) is 1.43. The van der Waals surface area contributed by atoms with Crippen LogP contribution in [0.4, 0.5) is 0 Å². The van der Waals surface area contributed by atoms with E-state index in [9.17, 15) is 0 Å². The zero-order valence-corrected chi connectivity index (χ0v) is 8.77. The molecule has 1 atom stereocenters. The number of rotatable bonds is 1. The zero-order chi connectivity index (χ0) is 7.52. The summed E-state index contributed by atoms with van der Waals surface area (Å²) in [5.74, 6) is 0.587. The van der Waals surface area contributed by atoms with E-state index in [2.05, 4.69) is 15.3 Å². The van der Waals surface area contributed by atoms with Crippen molar-refractivity contribution >= 4 is 24.8 Å². The van der Waals surface area contributed by atoms with Gasteiger partial charge in [0.1, 0.15) is 0 Å². The molecule has 0 amide bonds. The normalized spacial score (nSPS) is 20.2. The van der Waals surface area contributed by atoms with Crippen LogP contribution in [-0.4, -0.2) is 23.1 Å². The highest BCUT2D eigenvalue weighted by Gasteiger charge is 2.17. The fraction of sp³-hybridized carbons (Fsp3) is 0.500. The predicted octanol–water partition coefficient (Wildman–Crippen LogP) is 1.40. The van der Waals surface area contributed by atoms with E-state index in [-0.39, 0.29) is 24.8 Å². The molecule has 0 spiro atoms. The van der Waals surface area contributed by atoms with Crippen molar-refractivity contribution in [2.75, 3.05) is 13.1 Å². The van der Waals surface area contributed by atoms with Crippen LogP contribution in [0.25, 0.3) is 0 Å². The Hall–Kier alpha value is -0.380. The van der Waals surface area contributed by atoms with Crippen LogP contribution >= 0.6 is 24.8 Å². The first-order valence-corrected chi connectivity index (χ1v) is 3.93. The molecule has 1 fully saturated rings. The molecule has 0 aliphatic carbocycles. The molecule has 0 radical (unpaired) electrons. The van der Waals surface area contributed by atoms with Crippen LogP contribution in [-0.2, 0) is 0 Å². The molecule has 3 nitrogen and oxygen atoms in total. The zero-order valence-electron chi connectivity index (χ0n) is 7.14. The molecule has 1 unspecified atom stereocenters. The molecule has 0 bridgehead atoms. The van der Waals surface area contributed by atoms with Gasteiger partial charge < -0.3 is 5.32 Å². The van der Waals surface area contributed by atoms with Gasteiger partial charge in [0, 0.05) is 31.1 Å². The van der Waals surface area contributed by atoms with Gasteiger partial charge in [-0.15, -0.1) is 24.8 Å². The van der Waals surface area contributed by atoms with Gasteiger partial charge in [-0.05, 0) is 13.0 Å². The van der Waals surface area contributed by atoms with E-state index in [0.29, 0.717) is 5.92 Å². The number of hydrogen-bond acceptors (Lipinski definition) is 3. The monoisotopic (exact) mass is 221 g/mol. The highest BCUT2D eigenvalue weighted by molar-refractivity contribution is 5.85. The first kappa shape index (κ1) is 12.6. The molecule has 0 aromatic carbocycles. The summed E-state index contributed by atoms with van der Waals surface area (Å²) in [7, 11) is 0. The van der Waals surface area contributed by atoms with E-state index in [0.717, 1.165) is 18.8 Å². The number of nitrogens with zero attached hydrogens (tertiary/aromatic N) is 2. The van der Waals surface area contributed by atoms with Gasteiger partial charge in [0.05, 0.1) is 5.69 Å². The molecule has 0 saturated carbocycles. The minimum atomic E-state index is 0. The lowest BCUT2D eigenvalue weighted by Crippen LogP contribution is -2.08. The summed E-state index contributed by atoms with van der Waals surface area (Å²) < 4.78 is 0. The van der Waals surface area contributed by atoms with E-state index < -0.39 is 0 Å². The highest BCUT2D eigenvalue weighted by Crippen LogP contribution is 2.18. The predicted molar refractivity (Wildman–Crippen MR) is 56.8 cm³/mol. The Morgan fingerprint density at radius 2 is 2.15 bits per heavy atom.